The first-order chi connectivity index (χ1) is 10.4. The van der Waals surface area contributed by atoms with Crippen LogP contribution in [0.25, 0.3) is 0 Å². The molecule has 108 valence electrons. The van der Waals surface area contributed by atoms with E-state index in [2.05, 4.69) is 70.5 Å². The molecule has 0 unspecified atom stereocenters. The minimum Gasteiger partial charge on any atom is -0.371 e. The highest BCUT2D eigenvalue weighted by Gasteiger charge is 2.39. The monoisotopic (exact) mass is 278 g/mol. The summed E-state index contributed by atoms with van der Waals surface area (Å²) in [5.74, 6) is 1.68. The number of para-hydroxylation sites is 1. The zero-order chi connectivity index (χ0) is 14.1. The van der Waals surface area contributed by atoms with Crippen molar-refractivity contribution in [3.63, 3.8) is 0 Å². The van der Waals surface area contributed by atoms with Crippen molar-refractivity contribution in [2.24, 2.45) is 11.8 Å². The van der Waals surface area contributed by atoms with Crippen molar-refractivity contribution >= 4 is 5.69 Å². The average Bonchev–Trinajstić information content (AvgIpc) is 3.07. The van der Waals surface area contributed by atoms with Crippen LogP contribution in [0.2, 0.25) is 0 Å². The molecule has 0 spiro atoms. The summed E-state index contributed by atoms with van der Waals surface area (Å²) in [7, 11) is 0. The highest BCUT2D eigenvalue weighted by Crippen LogP contribution is 2.34. The fraction of sp³-hybridized carbons (Fsp3) is 0.368. The molecule has 0 aromatic heterocycles. The Labute approximate surface area is 127 Å². The molecule has 2 atom stereocenters. The van der Waals surface area contributed by atoms with Gasteiger partial charge in [0.15, 0.2) is 0 Å². The van der Waals surface area contributed by atoms with Crippen LogP contribution < -0.4 is 4.90 Å². The van der Waals surface area contributed by atoms with E-state index >= 15 is 0 Å². The standard InChI is InChI=1S/C19H22N2/c1-3-7-16(8-4-1)11-20-12-17-14-21(15-18(17)13-20)19-9-5-2-6-10-19/h1-10,17-18H,11-15H2/t17-,18-/m1/s1. The van der Waals surface area contributed by atoms with Crippen molar-refractivity contribution in [2.45, 2.75) is 6.54 Å². The maximum Gasteiger partial charge on any atom is 0.0366 e. The molecule has 2 aromatic carbocycles. The van der Waals surface area contributed by atoms with Gasteiger partial charge in [-0.15, -0.1) is 0 Å². The molecule has 2 aliphatic rings. The van der Waals surface area contributed by atoms with E-state index in [1.54, 1.807) is 0 Å². The first kappa shape index (κ1) is 12.9. The molecule has 0 N–H and O–H groups in total. The predicted molar refractivity (Wildman–Crippen MR) is 87.4 cm³/mol. The van der Waals surface area contributed by atoms with Gasteiger partial charge < -0.3 is 4.90 Å². The number of rotatable bonds is 3. The Morgan fingerprint density at radius 3 is 1.90 bits per heavy atom. The number of anilines is 1. The molecule has 2 aliphatic heterocycles. The Balaban J connectivity index is 1.37. The molecule has 0 bridgehead atoms. The van der Waals surface area contributed by atoms with E-state index in [1.165, 1.54) is 37.4 Å². The van der Waals surface area contributed by atoms with E-state index in [0.717, 1.165) is 18.4 Å². The third kappa shape index (κ3) is 2.68. The van der Waals surface area contributed by atoms with Gasteiger partial charge in [0.25, 0.3) is 0 Å². The SMILES string of the molecule is c1ccc(CN2C[C@@H]3CN(c4ccccc4)C[C@H]3C2)cc1. The number of hydrogen-bond acceptors (Lipinski definition) is 2. The van der Waals surface area contributed by atoms with Gasteiger partial charge in [0.2, 0.25) is 0 Å². The van der Waals surface area contributed by atoms with Gasteiger partial charge in [0, 0.05) is 38.4 Å². The minimum atomic E-state index is 0.842. The van der Waals surface area contributed by atoms with Crippen LogP contribution in [0, 0.1) is 11.8 Å². The lowest BCUT2D eigenvalue weighted by Crippen LogP contribution is -2.28. The average molecular weight is 278 g/mol. The van der Waals surface area contributed by atoms with Crippen molar-refractivity contribution in [1.82, 2.24) is 4.90 Å². The first-order valence-corrected chi connectivity index (χ1v) is 7.95. The van der Waals surface area contributed by atoms with Gasteiger partial charge >= 0.3 is 0 Å². The van der Waals surface area contributed by atoms with Gasteiger partial charge in [-0.2, -0.15) is 0 Å². The van der Waals surface area contributed by atoms with Crippen LogP contribution >= 0.6 is 0 Å². The van der Waals surface area contributed by atoms with Gasteiger partial charge in [0.05, 0.1) is 0 Å². The summed E-state index contributed by atoms with van der Waals surface area (Å²) >= 11 is 0. The number of fused-ring (bicyclic) bond motifs is 1. The van der Waals surface area contributed by atoms with Crippen LogP contribution in [-0.4, -0.2) is 31.1 Å². The van der Waals surface area contributed by atoms with E-state index in [4.69, 9.17) is 0 Å². The summed E-state index contributed by atoms with van der Waals surface area (Å²) in [6.07, 6.45) is 0. The number of benzene rings is 2. The summed E-state index contributed by atoms with van der Waals surface area (Å²) < 4.78 is 0. The van der Waals surface area contributed by atoms with Gasteiger partial charge in [-0.05, 0) is 29.5 Å². The summed E-state index contributed by atoms with van der Waals surface area (Å²) in [5, 5.41) is 0. The second kappa shape index (κ2) is 5.53. The van der Waals surface area contributed by atoms with Crippen molar-refractivity contribution < 1.29 is 0 Å². The lowest BCUT2D eigenvalue weighted by molar-refractivity contribution is 0.309. The molecule has 21 heavy (non-hydrogen) atoms. The molecule has 2 aromatic rings. The maximum absolute atomic E-state index is 2.63. The van der Waals surface area contributed by atoms with Crippen LogP contribution in [-0.2, 0) is 6.54 Å². The quantitative estimate of drug-likeness (QED) is 0.850. The second-order valence-corrected chi connectivity index (χ2v) is 6.44. The number of hydrogen-bond donors (Lipinski definition) is 0. The van der Waals surface area contributed by atoms with Gasteiger partial charge in [0.1, 0.15) is 0 Å². The Hall–Kier alpha value is -1.80. The molecule has 2 saturated heterocycles. The Morgan fingerprint density at radius 1 is 0.714 bits per heavy atom. The molecule has 4 rings (SSSR count). The third-order valence-electron chi connectivity index (χ3n) is 4.93. The zero-order valence-corrected chi connectivity index (χ0v) is 12.4. The predicted octanol–water partition coefficient (Wildman–Crippen LogP) is 3.25. The normalized spacial score (nSPS) is 25.2. The molecule has 2 nitrogen and oxygen atoms in total. The van der Waals surface area contributed by atoms with Crippen LogP contribution in [0.3, 0.4) is 0 Å². The van der Waals surface area contributed by atoms with E-state index in [-0.39, 0.29) is 0 Å². The lowest BCUT2D eigenvalue weighted by atomic mass is 10.0. The van der Waals surface area contributed by atoms with Crippen molar-refractivity contribution in [3.8, 4) is 0 Å². The Bertz CT molecular complexity index is 567. The fourth-order valence-corrected chi connectivity index (χ4v) is 3.91. The fourth-order valence-electron chi connectivity index (χ4n) is 3.91. The third-order valence-corrected chi connectivity index (χ3v) is 4.93. The first-order valence-electron chi connectivity index (χ1n) is 7.95. The van der Waals surface area contributed by atoms with Crippen LogP contribution in [0.5, 0.6) is 0 Å². The maximum atomic E-state index is 2.63. The highest BCUT2D eigenvalue weighted by atomic mass is 15.2. The Morgan fingerprint density at radius 2 is 1.29 bits per heavy atom. The lowest BCUT2D eigenvalue weighted by Gasteiger charge is -2.23. The van der Waals surface area contributed by atoms with Crippen molar-refractivity contribution in [1.29, 1.82) is 0 Å². The van der Waals surface area contributed by atoms with Gasteiger partial charge in [-0.1, -0.05) is 48.5 Å². The molecule has 0 saturated carbocycles. The molecule has 0 radical (unpaired) electrons. The van der Waals surface area contributed by atoms with E-state index in [9.17, 15) is 0 Å². The summed E-state index contributed by atoms with van der Waals surface area (Å²) in [4.78, 5) is 5.20. The Kier molecular flexibility index (Phi) is 3.40. The minimum absolute atomic E-state index is 0.842. The topological polar surface area (TPSA) is 6.48 Å². The number of nitrogens with zero attached hydrogens (tertiary/aromatic N) is 2. The van der Waals surface area contributed by atoms with Crippen molar-refractivity contribution in [3.05, 3.63) is 66.2 Å². The molecule has 2 fully saturated rings. The molecule has 2 heterocycles. The van der Waals surface area contributed by atoms with Crippen LogP contribution in [0.15, 0.2) is 60.7 Å². The van der Waals surface area contributed by atoms with E-state index in [0.29, 0.717) is 0 Å². The second-order valence-electron chi connectivity index (χ2n) is 6.44. The smallest absolute Gasteiger partial charge is 0.0366 e. The van der Waals surface area contributed by atoms with E-state index < -0.39 is 0 Å². The van der Waals surface area contributed by atoms with Gasteiger partial charge in [-0.3, -0.25) is 4.90 Å². The largest absolute Gasteiger partial charge is 0.371 e. The van der Waals surface area contributed by atoms with Gasteiger partial charge in [-0.25, -0.2) is 0 Å². The summed E-state index contributed by atoms with van der Waals surface area (Å²) in [6.45, 7) is 6.06. The zero-order valence-electron chi connectivity index (χ0n) is 12.4. The molecular weight excluding hydrogens is 256 g/mol. The van der Waals surface area contributed by atoms with Crippen LogP contribution in [0.4, 0.5) is 5.69 Å². The van der Waals surface area contributed by atoms with Crippen LogP contribution in [0.1, 0.15) is 5.56 Å². The molecule has 0 aliphatic carbocycles. The molecular formula is C19H22N2. The molecule has 0 amide bonds. The summed E-state index contributed by atoms with van der Waals surface area (Å²) in [6, 6.07) is 21.7. The summed E-state index contributed by atoms with van der Waals surface area (Å²) in [5.41, 5.74) is 2.83. The van der Waals surface area contributed by atoms with Crippen molar-refractivity contribution in [2.75, 3.05) is 31.1 Å². The van der Waals surface area contributed by atoms with E-state index in [1.807, 2.05) is 0 Å². The molecule has 2 heteroatoms. The number of likely N-dealkylation sites (tertiary alicyclic amines) is 1. The highest BCUT2D eigenvalue weighted by molar-refractivity contribution is 5.47.